The van der Waals surface area contributed by atoms with Crippen LogP contribution < -0.4 is 5.90 Å². The number of hydrogen-bond acceptors (Lipinski definition) is 2. The van der Waals surface area contributed by atoms with Crippen LogP contribution in [0.4, 0.5) is 0 Å². The van der Waals surface area contributed by atoms with Crippen LogP contribution in [0.1, 0.15) is 17.5 Å². The molecule has 2 nitrogen and oxygen atoms in total. The summed E-state index contributed by atoms with van der Waals surface area (Å²) >= 11 is 0. The maximum absolute atomic E-state index is 5.01. The first kappa shape index (κ1) is 11.5. The number of halogens is 1. The molecule has 0 spiro atoms. The topological polar surface area (TPSA) is 35.2 Å². The van der Waals surface area contributed by atoms with Crippen molar-refractivity contribution in [3.63, 3.8) is 0 Å². The molecule has 0 radical (unpaired) electrons. The molecule has 0 unspecified atom stereocenters. The van der Waals surface area contributed by atoms with E-state index in [9.17, 15) is 0 Å². The van der Waals surface area contributed by atoms with E-state index in [1.54, 1.807) is 0 Å². The Morgan fingerprint density at radius 3 is 2.29 bits per heavy atom. The van der Waals surface area contributed by atoms with Gasteiger partial charge in [0.2, 0.25) is 0 Å². The highest BCUT2D eigenvalue weighted by molar-refractivity contribution is 5.85. The molecule has 1 aromatic rings. The summed E-state index contributed by atoms with van der Waals surface area (Å²) in [4.78, 5) is 4.60. The minimum absolute atomic E-state index is 0. The van der Waals surface area contributed by atoms with Gasteiger partial charge in [0.05, 0.1) is 6.61 Å². The van der Waals surface area contributed by atoms with Crippen LogP contribution in [-0.4, -0.2) is 6.61 Å². The van der Waals surface area contributed by atoms with Gasteiger partial charge in [-0.1, -0.05) is 24.3 Å². The molecule has 78 valence electrons. The van der Waals surface area contributed by atoms with Crippen molar-refractivity contribution in [2.45, 2.75) is 19.3 Å². The Hall–Kier alpha value is -0.570. The first-order chi connectivity index (χ1) is 6.40. The van der Waals surface area contributed by atoms with E-state index >= 15 is 0 Å². The van der Waals surface area contributed by atoms with Crippen molar-refractivity contribution in [1.29, 1.82) is 0 Å². The van der Waals surface area contributed by atoms with E-state index in [1.807, 2.05) is 0 Å². The van der Waals surface area contributed by atoms with Crippen molar-refractivity contribution in [1.82, 2.24) is 0 Å². The van der Waals surface area contributed by atoms with Gasteiger partial charge < -0.3 is 4.84 Å². The lowest BCUT2D eigenvalue weighted by atomic mass is 10.0. The highest BCUT2D eigenvalue weighted by Crippen LogP contribution is 2.28. The largest absolute Gasteiger partial charge is 0.305 e. The molecular formula is C11H16ClNO. The van der Waals surface area contributed by atoms with Crippen LogP contribution in [0.2, 0.25) is 0 Å². The Morgan fingerprint density at radius 2 is 1.79 bits per heavy atom. The zero-order valence-electron chi connectivity index (χ0n) is 8.11. The number of rotatable bonds is 3. The van der Waals surface area contributed by atoms with Gasteiger partial charge >= 0.3 is 0 Å². The van der Waals surface area contributed by atoms with E-state index in [1.165, 1.54) is 24.0 Å². The van der Waals surface area contributed by atoms with Crippen LogP contribution in [0.5, 0.6) is 0 Å². The molecule has 0 atom stereocenters. The summed E-state index contributed by atoms with van der Waals surface area (Å²) in [7, 11) is 0. The lowest BCUT2D eigenvalue weighted by Gasteiger charge is -2.06. The lowest BCUT2D eigenvalue weighted by Crippen LogP contribution is -2.08. The van der Waals surface area contributed by atoms with Crippen molar-refractivity contribution < 1.29 is 4.84 Å². The first-order valence-corrected chi connectivity index (χ1v) is 4.78. The standard InChI is InChI=1S/C11H15NO.ClH/c12-13-6-5-9-7-10-3-1-2-4-11(10)8-9;/h1-4,9H,5-8,12H2;1H. The second kappa shape index (κ2) is 5.35. The van der Waals surface area contributed by atoms with Gasteiger partial charge in [0.15, 0.2) is 0 Å². The quantitative estimate of drug-likeness (QED) is 0.781. The summed E-state index contributed by atoms with van der Waals surface area (Å²) in [5, 5.41) is 0. The van der Waals surface area contributed by atoms with Crippen molar-refractivity contribution in [3.05, 3.63) is 35.4 Å². The van der Waals surface area contributed by atoms with Gasteiger partial charge in [-0.25, -0.2) is 5.90 Å². The fourth-order valence-corrected chi connectivity index (χ4v) is 2.09. The van der Waals surface area contributed by atoms with Gasteiger partial charge in [-0.05, 0) is 36.3 Å². The summed E-state index contributed by atoms with van der Waals surface area (Å²) < 4.78 is 0. The number of nitrogens with two attached hydrogens (primary N) is 1. The molecule has 0 amide bonds. The predicted octanol–water partition coefficient (Wildman–Crippen LogP) is 2.10. The van der Waals surface area contributed by atoms with Gasteiger partial charge in [0.1, 0.15) is 0 Å². The Morgan fingerprint density at radius 1 is 1.21 bits per heavy atom. The Balaban J connectivity index is 0.000000980. The minimum atomic E-state index is 0. The van der Waals surface area contributed by atoms with Crippen molar-refractivity contribution >= 4 is 12.4 Å². The average Bonchev–Trinajstić information content (AvgIpc) is 2.57. The predicted molar refractivity (Wildman–Crippen MR) is 59.3 cm³/mol. The molecule has 14 heavy (non-hydrogen) atoms. The molecule has 0 saturated heterocycles. The second-order valence-corrected chi connectivity index (χ2v) is 3.70. The van der Waals surface area contributed by atoms with Gasteiger partial charge in [-0.15, -0.1) is 12.4 Å². The lowest BCUT2D eigenvalue weighted by molar-refractivity contribution is 0.124. The molecule has 1 aromatic carbocycles. The summed E-state index contributed by atoms with van der Waals surface area (Å²) in [6, 6.07) is 8.67. The number of benzene rings is 1. The highest BCUT2D eigenvalue weighted by Gasteiger charge is 2.19. The molecule has 0 heterocycles. The zero-order chi connectivity index (χ0) is 9.10. The third-order valence-electron chi connectivity index (χ3n) is 2.78. The maximum Gasteiger partial charge on any atom is 0.0682 e. The summed E-state index contributed by atoms with van der Waals surface area (Å²) in [5.74, 6) is 5.75. The van der Waals surface area contributed by atoms with Gasteiger partial charge in [0, 0.05) is 0 Å². The monoisotopic (exact) mass is 213 g/mol. The van der Waals surface area contributed by atoms with Gasteiger partial charge in [0.25, 0.3) is 0 Å². The first-order valence-electron chi connectivity index (χ1n) is 4.78. The average molecular weight is 214 g/mol. The minimum Gasteiger partial charge on any atom is -0.305 e. The van der Waals surface area contributed by atoms with Gasteiger partial charge in [-0.2, -0.15) is 0 Å². The Labute approximate surface area is 90.8 Å². The van der Waals surface area contributed by atoms with Crippen LogP contribution in [0.25, 0.3) is 0 Å². The van der Waals surface area contributed by atoms with E-state index in [2.05, 4.69) is 29.1 Å². The van der Waals surface area contributed by atoms with Crippen LogP contribution in [0, 0.1) is 5.92 Å². The molecular weight excluding hydrogens is 198 g/mol. The Bertz CT molecular complexity index is 265. The van der Waals surface area contributed by atoms with E-state index in [4.69, 9.17) is 5.90 Å². The molecule has 1 aliphatic rings. The molecule has 0 aromatic heterocycles. The fourth-order valence-electron chi connectivity index (χ4n) is 2.09. The van der Waals surface area contributed by atoms with E-state index in [0.717, 1.165) is 12.3 Å². The van der Waals surface area contributed by atoms with E-state index in [-0.39, 0.29) is 12.4 Å². The molecule has 0 bridgehead atoms. The van der Waals surface area contributed by atoms with Crippen molar-refractivity contribution in [3.8, 4) is 0 Å². The molecule has 0 aliphatic heterocycles. The molecule has 3 heteroatoms. The summed E-state index contributed by atoms with van der Waals surface area (Å²) in [6.07, 6.45) is 3.46. The summed E-state index contributed by atoms with van der Waals surface area (Å²) in [5.41, 5.74) is 3.01. The fraction of sp³-hybridized carbons (Fsp3) is 0.455. The van der Waals surface area contributed by atoms with Crippen LogP contribution >= 0.6 is 12.4 Å². The smallest absolute Gasteiger partial charge is 0.0682 e. The number of fused-ring (bicyclic) bond motifs is 1. The number of hydrogen-bond donors (Lipinski definition) is 1. The van der Waals surface area contributed by atoms with Crippen LogP contribution in [-0.2, 0) is 17.7 Å². The third kappa shape index (κ3) is 2.47. The van der Waals surface area contributed by atoms with E-state index < -0.39 is 0 Å². The molecule has 2 rings (SSSR count). The van der Waals surface area contributed by atoms with Gasteiger partial charge in [-0.3, -0.25) is 0 Å². The SMILES string of the molecule is Cl.NOCCC1Cc2ccccc2C1. The molecule has 0 saturated carbocycles. The van der Waals surface area contributed by atoms with Crippen LogP contribution in [0.15, 0.2) is 24.3 Å². The normalized spacial score (nSPS) is 14.9. The van der Waals surface area contributed by atoms with Crippen molar-refractivity contribution in [2.75, 3.05) is 6.61 Å². The van der Waals surface area contributed by atoms with Crippen LogP contribution in [0.3, 0.4) is 0 Å². The Kier molecular flexibility index (Phi) is 4.39. The maximum atomic E-state index is 5.01. The molecule has 1 aliphatic carbocycles. The molecule has 2 N–H and O–H groups in total. The second-order valence-electron chi connectivity index (χ2n) is 3.70. The van der Waals surface area contributed by atoms with E-state index in [0.29, 0.717) is 6.61 Å². The summed E-state index contributed by atoms with van der Waals surface area (Å²) in [6.45, 7) is 0.679. The highest BCUT2D eigenvalue weighted by atomic mass is 35.5. The zero-order valence-corrected chi connectivity index (χ0v) is 8.93. The third-order valence-corrected chi connectivity index (χ3v) is 2.78. The molecule has 0 fully saturated rings. The van der Waals surface area contributed by atoms with Crippen molar-refractivity contribution in [2.24, 2.45) is 11.8 Å².